The van der Waals surface area contributed by atoms with Gasteiger partial charge in [0.25, 0.3) is 0 Å². The lowest BCUT2D eigenvalue weighted by Crippen LogP contribution is -2.47. The molecule has 16 heavy (non-hydrogen) atoms. The van der Waals surface area contributed by atoms with E-state index < -0.39 is 0 Å². The SMILES string of the molecule is CC1CCCCCN1C1CCCCCC1O. The molecular formula is C14H27NO. The number of aliphatic hydroxyl groups is 1. The van der Waals surface area contributed by atoms with Crippen LogP contribution in [0.4, 0.5) is 0 Å². The number of hydrogen-bond acceptors (Lipinski definition) is 2. The zero-order chi connectivity index (χ0) is 11.4. The van der Waals surface area contributed by atoms with Gasteiger partial charge in [0.1, 0.15) is 0 Å². The van der Waals surface area contributed by atoms with Crippen molar-refractivity contribution in [3.63, 3.8) is 0 Å². The fourth-order valence-electron chi connectivity index (χ4n) is 3.45. The molecule has 0 spiro atoms. The molecule has 3 unspecified atom stereocenters. The molecule has 2 aliphatic rings. The summed E-state index contributed by atoms with van der Waals surface area (Å²) in [6, 6.07) is 1.14. The molecular weight excluding hydrogens is 198 g/mol. The van der Waals surface area contributed by atoms with Crippen molar-refractivity contribution in [2.75, 3.05) is 6.54 Å². The van der Waals surface area contributed by atoms with Gasteiger partial charge in [-0.25, -0.2) is 0 Å². The molecule has 0 aromatic heterocycles. The predicted molar refractivity (Wildman–Crippen MR) is 67.5 cm³/mol. The number of aliphatic hydroxyl groups excluding tert-OH is 1. The van der Waals surface area contributed by atoms with Crippen molar-refractivity contribution >= 4 is 0 Å². The first-order valence-electron chi connectivity index (χ1n) is 7.23. The van der Waals surface area contributed by atoms with Gasteiger partial charge < -0.3 is 5.11 Å². The van der Waals surface area contributed by atoms with E-state index >= 15 is 0 Å². The molecule has 1 N–H and O–H groups in total. The summed E-state index contributed by atoms with van der Waals surface area (Å²) in [6.07, 6.45) is 11.4. The van der Waals surface area contributed by atoms with Crippen LogP contribution in [0.5, 0.6) is 0 Å². The van der Waals surface area contributed by atoms with E-state index in [2.05, 4.69) is 11.8 Å². The lowest BCUT2D eigenvalue weighted by atomic mass is 10.0. The first kappa shape index (κ1) is 12.4. The minimum atomic E-state index is -0.0666. The maximum atomic E-state index is 10.3. The lowest BCUT2D eigenvalue weighted by Gasteiger charge is -2.37. The van der Waals surface area contributed by atoms with E-state index in [1.165, 1.54) is 57.9 Å². The highest BCUT2D eigenvalue weighted by atomic mass is 16.3. The van der Waals surface area contributed by atoms with E-state index in [1.54, 1.807) is 0 Å². The number of rotatable bonds is 1. The van der Waals surface area contributed by atoms with Gasteiger partial charge in [0, 0.05) is 12.1 Å². The zero-order valence-corrected chi connectivity index (χ0v) is 10.7. The average Bonchev–Trinajstić information content (AvgIpc) is 2.59. The molecule has 3 atom stereocenters. The highest BCUT2D eigenvalue weighted by Crippen LogP contribution is 2.27. The van der Waals surface area contributed by atoms with Crippen LogP contribution in [0.2, 0.25) is 0 Å². The Balaban J connectivity index is 2.01. The molecule has 2 rings (SSSR count). The van der Waals surface area contributed by atoms with Crippen molar-refractivity contribution in [3.8, 4) is 0 Å². The normalized spacial score (nSPS) is 39.0. The van der Waals surface area contributed by atoms with E-state index in [1.807, 2.05) is 0 Å². The van der Waals surface area contributed by atoms with Gasteiger partial charge in [-0.15, -0.1) is 0 Å². The topological polar surface area (TPSA) is 23.5 Å². The molecule has 0 aromatic rings. The van der Waals surface area contributed by atoms with Crippen LogP contribution in [0.25, 0.3) is 0 Å². The zero-order valence-electron chi connectivity index (χ0n) is 10.7. The van der Waals surface area contributed by atoms with E-state index in [0.29, 0.717) is 12.1 Å². The Morgan fingerprint density at radius 2 is 1.56 bits per heavy atom. The van der Waals surface area contributed by atoms with Crippen molar-refractivity contribution < 1.29 is 5.11 Å². The maximum Gasteiger partial charge on any atom is 0.0695 e. The Morgan fingerprint density at radius 3 is 2.44 bits per heavy atom. The standard InChI is InChI=1S/C14H27NO/c1-12-8-4-3-7-11-15(12)13-9-5-2-6-10-14(13)16/h12-14,16H,2-11H2,1H3. The van der Waals surface area contributed by atoms with Crippen LogP contribution in [-0.2, 0) is 0 Å². The van der Waals surface area contributed by atoms with Crippen LogP contribution in [-0.4, -0.2) is 34.7 Å². The number of nitrogens with zero attached hydrogens (tertiary/aromatic N) is 1. The molecule has 1 aliphatic heterocycles. The van der Waals surface area contributed by atoms with Gasteiger partial charge >= 0.3 is 0 Å². The molecule has 1 heterocycles. The molecule has 94 valence electrons. The van der Waals surface area contributed by atoms with Crippen LogP contribution in [0, 0.1) is 0 Å². The first-order valence-corrected chi connectivity index (χ1v) is 7.23. The Bertz CT molecular complexity index is 185. The van der Waals surface area contributed by atoms with Crippen LogP contribution < -0.4 is 0 Å². The van der Waals surface area contributed by atoms with Gasteiger partial charge in [0.15, 0.2) is 0 Å². The molecule has 1 saturated carbocycles. The van der Waals surface area contributed by atoms with E-state index in [9.17, 15) is 5.11 Å². The van der Waals surface area contributed by atoms with Crippen LogP contribution in [0.1, 0.15) is 64.7 Å². The predicted octanol–water partition coefficient (Wildman–Crippen LogP) is 2.94. The van der Waals surface area contributed by atoms with Crippen LogP contribution >= 0.6 is 0 Å². The number of hydrogen-bond donors (Lipinski definition) is 1. The van der Waals surface area contributed by atoms with Crippen LogP contribution in [0.15, 0.2) is 0 Å². The number of likely N-dealkylation sites (tertiary alicyclic amines) is 1. The third-order valence-electron chi connectivity index (χ3n) is 4.47. The average molecular weight is 225 g/mol. The first-order chi connectivity index (χ1) is 7.79. The third kappa shape index (κ3) is 2.98. The summed E-state index contributed by atoms with van der Waals surface area (Å²) in [5, 5.41) is 10.3. The molecule has 2 nitrogen and oxygen atoms in total. The molecule has 0 aromatic carbocycles. The van der Waals surface area contributed by atoms with Crippen molar-refractivity contribution in [2.24, 2.45) is 0 Å². The summed E-state index contributed by atoms with van der Waals surface area (Å²) in [5.41, 5.74) is 0. The second-order valence-corrected chi connectivity index (χ2v) is 5.71. The fraction of sp³-hybridized carbons (Fsp3) is 1.00. The second-order valence-electron chi connectivity index (χ2n) is 5.71. The molecule has 0 amide bonds. The summed E-state index contributed by atoms with van der Waals surface area (Å²) < 4.78 is 0. The Morgan fingerprint density at radius 1 is 0.875 bits per heavy atom. The minimum Gasteiger partial charge on any atom is -0.391 e. The summed E-state index contributed by atoms with van der Waals surface area (Å²) in [6.45, 7) is 3.56. The van der Waals surface area contributed by atoms with Crippen molar-refractivity contribution in [3.05, 3.63) is 0 Å². The largest absolute Gasteiger partial charge is 0.391 e. The molecule has 1 aliphatic carbocycles. The molecule has 1 saturated heterocycles. The highest BCUT2D eigenvalue weighted by molar-refractivity contribution is 4.85. The van der Waals surface area contributed by atoms with E-state index in [4.69, 9.17) is 0 Å². The van der Waals surface area contributed by atoms with Crippen molar-refractivity contribution in [1.29, 1.82) is 0 Å². The minimum absolute atomic E-state index is 0.0666. The molecule has 0 radical (unpaired) electrons. The molecule has 2 heteroatoms. The summed E-state index contributed by atoms with van der Waals surface area (Å²) in [7, 11) is 0. The monoisotopic (exact) mass is 225 g/mol. The molecule has 0 bridgehead atoms. The van der Waals surface area contributed by atoms with Gasteiger partial charge in [0.05, 0.1) is 6.10 Å². The lowest BCUT2D eigenvalue weighted by molar-refractivity contribution is 0.0249. The van der Waals surface area contributed by atoms with E-state index in [-0.39, 0.29) is 6.10 Å². The van der Waals surface area contributed by atoms with Gasteiger partial charge in [0.2, 0.25) is 0 Å². The Hall–Kier alpha value is -0.0800. The van der Waals surface area contributed by atoms with Gasteiger partial charge in [-0.1, -0.05) is 32.1 Å². The van der Waals surface area contributed by atoms with Gasteiger partial charge in [-0.2, -0.15) is 0 Å². The highest BCUT2D eigenvalue weighted by Gasteiger charge is 2.30. The summed E-state index contributed by atoms with van der Waals surface area (Å²) >= 11 is 0. The van der Waals surface area contributed by atoms with Gasteiger partial charge in [-0.3, -0.25) is 4.90 Å². The van der Waals surface area contributed by atoms with E-state index in [0.717, 1.165) is 6.42 Å². The van der Waals surface area contributed by atoms with Crippen molar-refractivity contribution in [1.82, 2.24) is 4.90 Å². The van der Waals surface area contributed by atoms with Gasteiger partial charge in [-0.05, 0) is 39.2 Å². The maximum absolute atomic E-state index is 10.3. The summed E-state index contributed by atoms with van der Waals surface area (Å²) in [5.74, 6) is 0. The van der Waals surface area contributed by atoms with Crippen LogP contribution in [0.3, 0.4) is 0 Å². The van der Waals surface area contributed by atoms with Crippen molar-refractivity contribution in [2.45, 2.75) is 82.9 Å². The Kier molecular flexibility index (Phi) is 4.66. The smallest absolute Gasteiger partial charge is 0.0695 e. The fourth-order valence-corrected chi connectivity index (χ4v) is 3.45. The quantitative estimate of drug-likeness (QED) is 0.694. The Labute approximate surface area is 100 Å². The third-order valence-corrected chi connectivity index (χ3v) is 4.47. The summed E-state index contributed by atoms with van der Waals surface area (Å²) in [4.78, 5) is 2.61. The molecule has 2 fully saturated rings. The second kappa shape index (κ2) is 6.02.